The second-order valence-corrected chi connectivity index (χ2v) is 14.3. The molecule has 7 nitrogen and oxygen atoms in total. The number of benzene rings is 3. The summed E-state index contributed by atoms with van der Waals surface area (Å²) >= 11 is 0. The van der Waals surface area contributed by atoms with E-state index in [-0.39, 0.29) is 23.4 Å². The molecule has 0 spiro atoms. The third kappa shape index (κ3) is 6.14. The number of imidazole rings is 1. The molecule has 1 N–H and O–H groups in total. The van der Waals surface area contributed by atoms with Crippen LogP contribution in [0.25, 0.3) is 27.7 Å². The Kier molecular flexibility index (Phi) is 8.08. The normalized spacial score (nSPS) is 13.4. The molecule has 1 aliphatic carbocycles. The molecule has 0 amide bonds. The maximum absolute atomic E-state index is 13.1. The van der Waals surface area contributed by atoms with E-state index in [0.29, 0.717) is 28.2 Å². The van der Waals surface area contributed by atoms with Crippen molar-refractivity contribution in [2.75, 3.05) is 0 Å². The lowest BCUT2D eigenvalue weighted by Gasteiger charge is -2.17. The SMILES string of the molecule is Cc1nc2cnc(CC(C)(C)C)cn2c1C1=C(c2c[nH]c3ccccc23)C(=O)CC1=O.O=[Si](c1ccccc1)c1ccccc1. The van der Waals surface area contributed by atoms with Crippen molar-refractivity contribution in [1.82, 2.24) is 19.4 Å². The summed E-state index contributed by atoms with van der Waals surface area (Å²) in [4.78, 5) is 38.5. The van der Waals surface area contributed by atoms with Crippen LogP contribution in [0.3, 0.4) is 0 Å². The molecule has 0 fully saturated rings. The molecule has 3 aromatic carbocycles. The molecule has 0 radical (unpaired) electrons. The Hall–Kier alpha value is -5.08. The lowest BCUT2D eigenvalue weighted by molar-refractivity contribution is -0.119. The van der Waals surface area contributed by atoms with E-state index in [2.05, 4.69) is 35.7 Å². The van der Waals surface area contributed by atoms with E-state index in [1.807, 2.05) is 109 Å². The number of carbonyl (C=O) groups is 2. The van der Waals surface area contributed by atoms with Crippen LogP contribution in [0, 0.1) is 12.3 Å². The van der Waals surface area contributed by atoms with Gasteiger partial charge in [-0.25, -0.2) is 4.98 Å². The fraction of sp³-hybridized carbons (Fsp3) is 0.189. The molecule has 0 aliphatic heterocycles. The quantitative estimate of drug-likeness (QED) is 0.197. The lowest BCUT2D eigenvalue weighted by Crippen LogP contribution is -2.33. The minimum absolute atomic E-state index is 0.0735. The van der Waals surface area contributed by atoms with Crippen molar-refractivity contribution >= 4 is 58.3 Å². The molecule has 1 aliphatic rings. The van der Waals surface area contributed by atoms with Gasteiger partial charge in [0.15, 0.2) is 17.2 Å². The zero-order valence-electron chi connectivity index (χ0n) is 25.8. The number of hydrogen-bond acceptors (Lipinski definition) is 5. The number of hydrogen-bond donors (Lipinski definition) is 1. The molecule has 3 heterocycles. The van der Waals surface area contributed by atoms with Gasteiger partial charge in [-0.1, -0.05) is 99.6 Å². The van der Waals surface area contributed by atoms with E-state index in [1.165, 1.54) is 0 Å². The molecular weight excluding hydrogens is 577 g/mol. The Morgan fingerprint density at radius 3 is 2.09 bits per heavy atom. The van der Waals surface area contributed by atoms with Crippen molar-refractivity contribution in [3.63, 3.8) is 0 Å². The number of ketones is 2. The topological polar surface area (TPSA) is 97.2 Å². The molecule has 3 aromatic heterocycles. The average Bonchev–Trinajstić information content (AvgIpc) is 3.68. The average molecular weight is 611 g/mol. The molecule has 0 bridgehead atoms. The summed E-state index contributed by atoms with van der Waals surface area (Å²) in [5, 5.41) is 2.77. The monoisotopic (exact) mass is 610 g/mol. The molecule has 0 unspecified atom stereocenters. The zero-order chi connectivity index (χ0) is 31.7. The summed E-state index contributed by atoms with van der Waals surface area (Å²) in [6, 6.07) is 27.0. The fourth-order valence-corrected chi connectivity index (χ4v) is 7.13. The number of H-pyrrole nitrogens is 1. The highest BCUT2D eigenvalue weighted by Crippen LogP contribution is 2.39. The van der Waals surface area contributed by atoms with Crippen LogP contribution in [0.5, 0.6) is 0 Å². The summed E-state index contributed by atoms with van der Waals surface area (Å²) in [5.41, 5.74) is 5.68. The van der Waals surface area contributed by atoms with Gasteiger partial charge < -0.3 is 9.45 Å². The lowest BCUT2D eigenvalue weighted by atomic mass is 9.91. The number of fused-ring (bicyclic) bond motifs is 2. The third-order valence-corrected chi connectivity index (χ3v) is 9.46. The Bertz CT molecular complexity index is 2060. The highest BCUT2D eigenvalue weighted by molar-refractivity contribution is 6.72. The van der Waals surface area contributed by atoms with Crippen LogP contribution in [0.2, 0.25) is 0 Å². The van der Waals surface area contributed by atoms with Crippen LogP contribution in [0.15, 0.2) is 104 Å². The first-order valence-electron chi connectivity index (χ1n) is 15.0. The van der Waals surface area contributed by atoms with E-state index >= 15 is 0 Å². The number of rotatable bonds is 5. The third-order valence-electron chi connectivity index (χ3n) is 7.74. The molecular formula is C37H34N4O3Si. The number of aryl methyl sites for hydroxylation is 1. The van der Waals surface area contributed by atoms with E-state index in [0.717, 1.165) is 39.0 Å². The number of para-hydroxylation sites is 1. The van der Waals surface area contributed by atoms with Crippen LogP contribution >= 0.6 is 0 Å². The molecule has 7 rings (SSSR count). The summed E-state index contributed by atoms with van der Waals surface area (Å²) in [6.45, 7) is 8.36. The number of carbonyl (C=O) groups excluding carboxylic acids is 2. The number of aromatic amines is 1. The van der Waals surface area contributed by atoms with E-state index in [9.17, 15) is 14.1 Å². The number of aromatic nitrogens is 4. The van der Waals surface area contributed by atoms with Crippen molar-refractivity contribution in [2.24, 2.45) is 5.41 Å². The van der Waals surface area contributed by atoms with Gasteiger partial charge in [-0.15, -0.1) is 0 Å². The molecule has 8 heteroatoms. The standard InChI is InChI=1S/C25H24N4O2.C12H10OSi/c1-14-24(29-13-15(10-25(2,3)4)26-12-21(29)28-14)23-20(31)9-19(30)22(23)17-11-27-18-8-6-5-7-16(17)18;13-14(11-7-3-1-4-8-11)12-9-5-2-6-10-12/h5-8,11-13,27H,9-10H2,1-4H3;1-10H. The van der Waals surface area contributed by atoms with Gasteiger partial charge in [0.2, 0.25) is 0 Å². The van der Waals surface area contributed by atoms with Gasteiger partial charge >= 0.3 is 8.68 Å². The molecule has 0 atom stereocenters. The predicted molar refractivity (Wildman–Crippen MR) is 179 cm³/mol. The Morgan fingerprint density at radius 2 is 1.44 bits per heavy atom. The molecule has 45 heavy (non-hydrogen) atoms. The summed E-state index contributed by atoms with van der Waals surface area (Å²) in [6.07, 6.45) is 6.19. The minimum Gasteiger partial charge on any atom is -0.376 e. The van der Waals surface area contributed by atoms with Gasteiger partial charge in [0.1, 0.15) is 0 Å². The maximum atomic E-state index is 13.1. The van der Waals surface area contributed by atoms with Crippen molar-refractivity contribution in [1.29, 1.82) is 0 Å². The van der Waals surface area contributed by atoms with Crippen LogP contribution in [0.4, 0.5) is 0 Å². The maximum Gasteiger partial charge on any atom is 0.346 e. The summed E-state index contributed by atoms with van der Waals surface area (Å²) < 4.78 is 14.0. The largest absolute Gasteiger partial charge is 0.376 e. The van der Waals surface area contributed by atoms with Crippen LogP contribution in [-0.4, -0.2) is 39.6 Å². The second kappa shape index (κ2) is 12.1. The van der Waals surface area contributed by atoms with Gasteiger partial charge in [0.05, 0.1) is 35.3 Å². The first-order chi connectivity index (χ1) is 21.6. The van der Waals surface area contributed by atoms with Crippen LogP contribution in [-0.2, 0) is 20.5 Å². The number of allylic oxidation sites excluding steroid dienone is 2. The van der Waals surface area contributed by atoms with E-state index < -0.39 is 8.68 Å². The van der Waals surface area contributed by atoms with Gasteiger partial charge in [-0.3, -0.25) is 19.0 Å². The molecule has 6 aromatic rings. The zero-order valence-corrected chi connectivity index (χ0v) is 26.8. The van der Waals surface area contributed by atoms with Gasteiger partial charge in [-0.2, -0.15) is 0 Å². The Labute approximate surface area is 263 Å². The molecule has 0 saturated carbocycles. The number of nitrogens with zero attached hydrogens (tertiary/aromatic N) is 3. The van der Waals surface area contributed by atoms with Crippen molar-refractivity contribution in [3.8, 4) is 0 Å². The van der Waals surface area contributed by atoms with Crippen molar-refractivity contribution in [2.45, 2.75) is 40.5 Å². The fourth-order valence-electron chi connectivity index (χ4n) is 5.81. The van der Waals surface area contributed by atoms with Crippen molar-refractivity contribution < 1.29 is 14.1 Å². The second-order valence-electron chi connectivity index (χ2n) is 12.5. The summed E-state index contributed by atoms with van der Waals surface area (Å²) in [5.74, 6) is -0.313. The number of Topliss-reactive ketones (excluding diaryl/α,β-unsaturated/α-hetero) is 2. The Morgan fingerprint density at radius 1 is 0.844 bits per heavy atom. The first kappa shape index (κ1) is 30.0. The predicted octanol–water partition coefficient (Wildman–Crippen LogP) is 5.78. The van der Waals surface area contributed by atoms with Gasteiger partial charge in [0, 0.05) is 44.8 Å². The highest BCUT2D eigenvalue weighted by Gasteiger charge is 2.36. The molecule has 224 valence electrons. The van der Waals surface area contributed by atoms with Crippen molar-refractivity contribution in [3.05, 3.63) is 126 Å². The van der Waals surface area contributed by atoms with E-state index in [1.54, 1.807) is 6.20 Å². The minimum atomic E-state index is -1.79. The summed E-state index contributed by atoms with van der Waals surface area (Å²) in [7, 11) is -1.79. The first-order valence-corrected chi connectivity index (χ1v) is 16.4. The number of nitrogens with one attached hydrogen (secondary N) is 1. The van der Waals surface area contributed by atoms with Gasteiger partial charge in [-0.05, 0) is 24.8 Å². The Balaban J connectivity index is 0.000000213. The van der Waals surface area contributed by atoms with Crippen LogP contribution in [0.1, 0.15) is 49.8 Å². The highest BCUT2D eigenvalue weighted by atomic mass is 28.3. The molecule has 0 saturated heterocycles. The smallest absolute Gasteiger partial charge is 0.346 e. The van der Waals surface area contributed by atoms with Gasteiger partial charge in [0.25, 0.3) is 0 Å². The van der Waals surface area contributed by atoms with Crippen LogP contribution < -0.4 is 10.4 Å². The van der Waals surface area contributed by atoms with E-state index in [4.69, 9.17) is 0 Å².